The minimum atomic E-state index is -0.782. The van der Waals surface area contributed by atoms with Gasteiger partial charge in [0.15, 0.2) is 5.13 Å². The Morgan fingerprint density at radius 2 is 1.69 bits per heavy atom. The molecule has 0 aliphatic rings. The third kappa shape index (κ3) is 3.79. The van der Waals surface area contributed by atoms with E-state index in [0.29, 0.717) is 26.5 Å². The molecule has 0 unspecified atom stereocenters. The molecular formula is C21H13F3N2O2S. The number of carbonyl (C=O) groups excluding carboxylic acids is 1. The summed E-state index contributed by atoms with van der Waals surface area (Å²) in [6, 6.07) is 12.6. The van der Waals surface area contributed by atoms with E-state index < -0.39 is 17.6 Å². The highest BCUT2D eigenvalue weighted by Gasteiger charge is 2.14. The van der Waals surface area contributed by atoms with Gasteiger partial charge in [0.1, 0.15) is 17.5 Å². The van der Waals surface area contributed by atoms with Crippen LogP contribution in [0.3, 0.4) is 0 Å². The van der Waals surface area contributed by atoms with E-state index in [2.05, 4.69) is 15.0 Å². The summed E-state index contributed by atoms with van der Waals surface area (Å²) in [5.74, 6) is -2.46. The van der Waals surface area contributed by atoms with Gasteiger partial charge in [0.2, 0.25) is 0 Å². The van der Waals surface area contributed by atoms with Gasteiger partial charge in [0.05, 0.1) is 28.6 Å². The maximum absolute atomic E-state index is 14.6. The normalized spacial score (nSPS) is 10.9. The van der Waals surface area contributed by atoms with Crippen LogP contribution < -0.4 is 5.32 Å². The monoisotopic (exact) mass is 414 g/mol. The second kappa shape index (κ2) is 7.56. The minimum Gasteiger partial charge on any atom is -0.465 e. The number of anilines is 2. The van der Waals surface area contributed by atoms with Crippen molar-refractivity contribution in [2.75, 3.05) is 12.4 Å². The molecule has 0 aliphatic heterocycles. The molecule has 0 aliphatic carbocycles. The van der Waals surface area contributed by atoms with E-state index in [4.69, 9.17) is 0 Å². The molecule has 1 N–H and O–H groups in total. The van der Waals surface area contributed by atoms with Gasteiger partial charge in [-0.15, -0.1) is 0 Å². The van der Waals surface area contributed by atoms with Gasteiger partial charge in [-0.05, 0) is 53.6 Å². The zero-order valence-corrected chi connectivity index (χ0v) is 15.8. The van der Waals surface area contributed by atoms with E-state index in [0.717, 1.165) is 6.07 Å². The van der Waals surface area contributed by atoms with Crippen molar-refractivity contribution < 1.29 is 22.7 Å². The maximum Gasteiger partial charge on any atom is 0.340 e. The van der Waals surface area contributed by atoms with Gasteiger partial charge in [-0.3, -0.25) is 0 Å². The van der Waals surface area contributed by atoms with Gasteiger partial charge in [-0.1, -0.05) is 23.5 Å². The lowest BCUT2D eigenvalue weighted by molar-refractivity contribution is 0.0595. The summed E-state index contributed by atoms with van der Waals surface area (Å²) in [6.07, 6.45) is 0. The molecule has 4 rings (SSSR count). The van der Waals surface area contributed by atoms with Crippen LogP contribution in [0.4, 0.5) is 24.0 Å². The molecule has 0 saturated carbocycles. The summed E-state index contributed by atoms with van der Waals surface area (Å²) in [5, 5.41) is 3.30. The molecule has 1 aromatic heterocycles. The van der Waals surface area contributed by atoms with E-state index in [1.807, 2.05) is 0 Å². The van der Waals surface area contributed by atoms with Crippen molar-refractivity contribution in [1.29, 1.82) is 0 Å². The molecule has 0 bridgehead atoms. The molecule has 1 heterocycles. The third-order valence-corrected chi connectivity index (χ3v) is 5.20. The Bertz CT molecular complexity index is 1240. The number of benzene rings is 3. The lowest BCUT2D eigenvalue weighted by Crippen LogP contribution is -2.04. The molecule has 0 atom stereocenters. The average molecular weight is 414 g/mol. The minimum absolute atomic E-state index is 0.180. The van der Waals surface area contributed by atoms with E-state index in [1.165, 1.54) is 54.8 Å². The first kappa shape index (κ1) is 18.9. The molecule has 29 heavy (non-hydrogen) atoms. The van der Waals surface area contributed by atoms with Crippen molar-refractivity contribution in [2.45, 2.75) is 0 Å². The zero-order valence-electron chi connectivity index (χ0n) is 15.0. The molecule has 8 heteroatoms. The lowest BCUT2D eigenvalue weighted by Gasteiger charge is -2.08. The first-order valence-electron chi connectivity index (χ1n) is 8.45. The number of nitrogens with one attached hydrogen (secondary N) is 1. The smallest absolute Gasteiger partial charge is 0.340 e. The second-order valence-electron chi connectivity index (χ2n) is 6.14. The SMILES string of the molecule is COC(=O)c1ccc(-c2ccc(Nc3nc4ccc(F)cc4s3)c(F)c2)cc1F. The van der Waals surface area contributed by atoms with Crippen LogP contribution in [0, 0.1) is 17.5 Å². The fraction of sp³-hybridized carbons (Fsp3) is 0.0476. The Morgan fingerprint density at radius 1 is 0.966 bits per heavy atom. The Hall–Kier alpha value is -3.39. The molecule has 0 spiro atoms. The van der Waals surface area contributed by atoms with Crippen molar-refractivity contribution in [3.63, 3.8) is 0 Å². The van der Waals surface area contributed by atoms with Crippen molar-refractivity contribution in [3.05, 3.63) is 77.6 Å². The van der Waals surface area contributed by atoms with Crippen LogP contribution in [0.2, 0.25) is 0 Å². The number of methoxy groups -OCH3 is 1. The number of aromatic nitrogens is 1. The first-order valence-corrected chi connectivity index (χ1v) is 9.27. The average Bonchev–Trinajstić information content (AvgIpc) is 3.10. The molecule has 146 valence electrons. The van der Waals surface area contributed by atoms with E-state index in [9.17, 15) is 18.0 Å². The van der Waals surface area contributed by atoms with Gasteiger partial charge in [0, 0.05) is 0 Å². The summed E-state index contributed by atoms with van der Waals surface area (Å²) >= 11 is 1.20. The van der Waals surface area contributed by atoms with Gasteiger partial charge in [-0.2, -0.15) is 0 Å². The number of fused-ring (bicyclic) bond motifs is 1. The second-order valence-corrected chi connectivity index (χ2v) is 7.17. The molecule has 0 fully saturated rings. The molecule has 0 amide bonds. The third-order valence-electron chi connectivity index (χ3n) is 4.27. The van der Waals surface area contributed by atoms with Crippen LogP contribution in [0.15, 0.2) is 54.6 Å². The van der Waals surface area contributed by atoms with E-state index in [-0.39, 0.29) is 17.1 Å². The Balaban J connectivity index is 1.60. The Morgan fingerprint density at radius 3 is 2.38 bits per heavy atom. The number of hydrogen-bond acceptors (Lipinski definition) is 5. The van der Waals surface area contributed by atoms with Crippen LogP contribution in [0.25, 0.3) is 21.3 Å². The Labute approximate surface area is 167 Å². The highest BCUT2D eigenvalue weighted by atomic mass is 32.1. The number of thiazole rings is 1. The lowest BCUT2D eigenvalue weighted by atomic mass is 10.0. The standard InChI is InChI=1S/C21H13F3N2O2S/c1-28-20(27)14-5-2-11(8-15(14)23)12-3-6-17(16(24)9-12)25-21-26-18-7-4-13(22)10-19(18)29-21/h2-10H,1H3,(H,25,26). The van der Waals surface area contributed by atoms with E-state index in [1.54, 1.807) is 12.1 Å². The largest absolute Gasteiger partial charge is 0.465 e. The number of nitrogens with zero attached hydrogens (tertiary/aromatic N) is 1. The summed E-state index contributed by atoms with van der Waals surface area (Å²) in [6.45, 7) is 0. The summed E-state index contributed by atoms with van der Waals surface area (Å²) in [5.41, 5.74) is 1.45. The summed E-state index contributed by atoms with van der Waals surface area (Å²) in [7, 11) is 1.17. The molecule has 4 nitrogen and oxygen atoms in total. The van der Waals surface area contributed by atoms with Crippen molar-refractivity contribution in [1.82, 2.24) is 4.98 Å². The molecule has 3 aromatic carbocycles. The summed E-state index contributed by atoms with van der Waals surface area (Å²) in [4.78, 5) is 15.8. The summed E-state index contributed by atoms with van der Waals surface area (Å²) < 4.78 is 47.2. The van der Waals surface area contributed by atoms with Crippen LogP contribution in [-0.4, -0.2) is 18.1 Å². The van der Waals surface area contributed by atoms with Gasteiger partial charge in [-0.25, -0.2) is 22.9 Å². The van der Waals surface area contributed by atoms with Gasteiger partial charge >= 0.3 is 5.97 Å². The van der Waals surface area contributed by atoms with Crippen molar-refractivity contribution in [2.24, 2.45) is 0 Å². The van der Waals surface area contributed by atoms with Crippen LogP contribution in [-0.2, 0) is 4.74 Å². The van der Waals surface area contributed by atoms with Gasteiger partial charge < -0.3 is 10.1 Å². The number of hydrogen-bond donors (Lipinski definition) is 1. The topological polar surface area (TPSA) is 51.2 Å². The Kier molecular flexibility index (Phi) is 4.94. The predicted octanol–water partition coefficient (Wildman–Crippen LogP) is 5.91. The van der Waals surface area contributed by atoms with Gasteiger partial charge in [0.25, 0.3) is 0 Å². The molecule has 0 saturated heterocycles. The van der Waals surface area contributed by atoms with Crippen LogP contribution in [0.5, 0.6) is 0 Å². The molecular weight excluding hydrogens is 401 g/mol. The van der Waals surface area contributed by atoms with Crippen LogP contribution in [0.1, 0.15) is 10.4 Å². The fourth-order valence-electron chi connectivity index (χ4n) is 2.83. The van der Waals surface area contributed by atoms with Crippen LogP contribution >= 0.6 is 11.3 Å². The van der Waals surface area contributed by atoms with E-state index >= 15 is 0 Å². The molecule has 4 aromatic rings. The fourth-order valence-corrected chi connectivity index (χ4v) is 3.74. The highest BCUT2D eigenvalue weighted by Crippen LogP contribution is 2.31. The number of carbonyl (C=O) groups is 1. The first-order chi connectivity index (χ1) is 13.9. The number of rotatable bonds is 4. The number of esters is 1. The van der Waals surface area contributed by atoms with Crippen molar-refractivity contribution >= 4 is 38.3 Å². The number of ether oxygens (including phenoxy) is 1. The van der Waals surface area contributed by atoms with Crippen molar-refractivity contribution in [3.8, 4) is 11.1 Å². The number of halogens is 3. The quantitative estimate of drug-likeness (QED) is 0.422. The zero-order chi connectivity index (χ0) is 20.5. The maximum atomic E-state index is 14.6. The predicted molar refractivity (Wildman–Crippen MR) is 106 cm³/mol. The highest BCUT2D eigenvalue weighted by molar-refractivity contribution is 7.22. The molecule has 0 radical (unpaired) electrons.